The second-order valence-corrected chi connectivity index (χ2v) is 3.63. The van der Waals surface area contributed by atoms with Crippen molar-refractivity contribution >= 4 is 5.71 Å². The maximum atomic E-state index is 4.17. The third-order valence-electron chi connectivity index (χ3n) is 1.21. The van der Waals surface area contributed by atoms with Crippen LogP contribution in [0.1, 0.15) is 20.8 Å². The van der Waals surface area contributed by atoms with E-state index < -0.39 is 0 Å². The highest BCUT2D eigenvalue weighted by Gasteiger charge is 2.03. The summed E-state index contributed by atoms with van der Waals surface area (Å²) in [6, 6.07) is 0. The van der Waals surface area contributed by atoms with E-state index in [0.29, 0.717) is 0 Å². The molecule has 0 aromatic rings. The molecule has 0 aromatic heterocycles. The predicted octanol–water partition coefficient (Wildman–Crippen LogP) is 2.05. The summed E-state index contributed by atoms with van der Waals surface area (Å²) >= 11 is 0. The van der Waals surface area contributed by atoms with Crippen molar-refractivity contribution in [3.8, 4) is 11.8 Å². The summed E-state index contributed by atoms with van der Waals surface area (Å²) in [5.74, 6) is 6.17. The Morgan fingerprint density at radius 2 is 2.18 bits per heavy atom. The number of hydrogen-bond acceptors (Lipinski definition) is 1. The molecular weight excluding hydrogens is 134 g/mol. The van der Waals surface area contributed by atoms with Crippen molar-refractivity contribution in [2.24, 2.45) is 10.4 Å². The Hall–Kier alpha value is -1.03. The molecule has 0 bridgehead atoms. The van der Waals surface area contributed by atoms with E-state index in [9.17, 15) is 0 Å². The summed E-state index contributed by atoms with van der Waals surface area (Å²) in [4.78, 5) is 4.17. The number of nitrogens with zero attached hydrogens (tertiary/aromatic N) is 1. The van der Waals surface area contributed by atoms with Gasteiger partial charge in [-0.2, -0.15) is 0 Å². The van der Waals surface area contributed by atoms with Crippen LogP contribution in [-0.4, -0.2) is 12.3 Å². The monoisotopic (exact) mass is 147 g/mol. The van der Waals surface area contributed by atoms with Crippen LogP contribution in [0.15, 0.2) is 17.1 Å². The van der Waals surface area contributed by atoms with Gasteiger partial charge in [0.05, 0.1) is 6.54 Å². The highest BCUT2D eigenvalue weighted by Crippen LogP contribution is 2.09. The molecule has 0 amide bonds. The van der Waals surface area contributed by atoms with Crippen molar-refractivity contribution in [1.82, 2.24) is 0 Å². The molecule has 0 saturated heterocycles. The minimum Gasteiger partial charge on any atom is -0.272 e. The Labute approximate surface area is 68.2 Å². The lowest BCUT2D eigenvalue weighted by molar-refractivity contribution is 0.571. The Bertz CT molecular complexity index is 253. The van der Waals surface area contributed by atoms with E-state index in [1.165, 1.54) is 0 Å². The van der Waals surface area contributed by atoms with Crippen molar-refractivity contribution in [1.29, 1.82) is 0 Å². The average Bonchev–Trinajstić information content (AvgIpc) is 2.32. The van der Waals surface area contributed by atoms with Crippen LogP contribution in [0.2, 0.25) is 0 Å². The molecule has 0 aromatic carbocycles. The molecular formula is C10H13N. The van der Waals surface area contributed by atoms with Crippen molar-refractivity contribution in [3.05, 3.63) is 12.2 Å². The first-order valence-electron chi connectivity index (χ1n) is 3.82. The van der Waals surface area contributed by atoms with Crippen LogP contribution in [0.25, 0.3) is 0 Å². The zero-order valence-electron chi connectivity index (χ0n) is 7.31. The van der Waals surface area contributed by atoms with Crippen LogP contribution >= 0.6 is 0 Å². The van der Waals surface area contributed by atoms with Gasteiger partial charge in [-0.1, -0.05) is 12.0 Å². The smallest absolute Gasteiger partial charge is 0.107 e. The zero-order valence-corrected chi connectivity index (χ0v) is 7.31. The van der Waals surface area contributed by atoms with Gasteiger partial charge in [-0.3, -0.25) is 4.99 Å². The number of rotatable bonds is 0. The molecule has 11 heavy (non-hydrogen) atoms. The standard InChI is InChI=1S/C10H13N/c1-10(2,3)7-6-9-5-4-8-11-9/h4-5H,8H2,1-3H3. The molecule has 0 spiro atoms. The van der Waals surface area contributed by atoms with Gasteiger partial charge in [0, 0.05) is 5.41 Å². The van der Waals surface area contributed by atoms with Crippen molar-refractivity contribution in [2.75, 3.05) is 6.54 Å². The molecule has 0 aliphatic carbocycles. The van der Waals surface area contributed by atoms with Gasteiger partial charge in [-0.25, -0.2) is 0 Å². The molecule has 58 valence electrons. The minimum atomic E-state index is 0.0823. The van der Waals surface area contributed by atoms with E-state index in [4.69, 9.17) is 0 Å². The molecule has 0 atom stereocenters. The molecule has 0 saturated carbocycles. The van der Waals surface area contributed by atoms with Gasteiger partial charge in [0.2, 0.25) is 0 Å². The Morgan fingerprint density at radius 3 is 2.64 bits per heavy atom. The van der Waals surface area contributed by atoms with Crippen molar-refractivity contribution in [2.45, 2.75) is 20.8 Å². The van der Waals surface area contributed by atoms with Gasteiger partial charge in [0.1, 0.15) is 5.71 Å². The summed E-state index contributed by atoms with van der Waals surface area (Å²) in [5, 5.41) is 0. The molecule has 1 heterocycles. The lowest BCUT2D eigenvalue weighted by atomic mass is 9.98. The predicted molar refractivity (Wildman–Crippen MR) is 48.7 cm³/mol. The van der Waals surface area contributed by atoms with Gasteiger partial charge in [0.25, 0.3) is 0 Å². The van der Waals surface area contributed by atoms with E-state index in [2.05, 4.69) is 37.6 Å². The summed E-state index contributed by atoms with van der Waals surface area (Å²) < 4.78 is 0. The molecule has 0 radical (unpaired) electrons. The van der Waals surface area contributed by atoms with Gasteiger partial charge < -0.3 is 0 Å². The highest BCUT2D eigenvalue weighted by molar-refractivity contribution is 6.09. The van der Waals surface area contributed by atoms with Crippen molar-refractivity contribution < 1.29 is 0 Å². The molecule has 0 N–H and O–H groups in total. The molecule has 1 aliphatic heterocycles. The number of aliphatic imine (C=N–C) groups is 1. The summed E-state index contributed by atoms with van der Waals surface area (Å²) in [5.41, 5.74) is 0.999. The fourth-order valence-electron chi connectivity index (χ4n) is 0.701. The number of allylic oxidation sites excluding steroid dienone is 1. The van der Waals surface area contributed by atoms with Crippen LogP contribution < -0.4 is 0 Å². The molecule has 1 nitrogen and oxygen atoms in total. The fourth-order valence-corrected chi connectivity index (χ4v) is 0.701. The summed E-state index contributed by atoms with van der Waals surface area (Å²) in [6.45, 7) is 7.09. The van der Waals surface area contributed by atoms with Gasteiger partial charge in [0.15, 0.2) is 0 Å². The lowest BCUT2D eigenvalue weighted by Crippen LogP contribution is -2.00. The normalized spacial score (nSPS) is 15.7. The maximum Gasteiger partial charge on any atom is 0.107 e. The molecule has 1 rings (SSSR count). The van der Waals surface area contributed by atoms with E-state index in [-0.39, 0.29) is 5.41 Å². The van der Waals surface area contributed by atoms with Crippen LogP contribution in [0.4, 0.5) is 0 Å². The summed E-state index contributed by atoms with van der Waals surface area (Å²) in [7, 11) is 0. The highest BCUT2D eigenvalue weighted by atomic mass is 14.7. The largest absolute Gasteiger partial charge is 0.272 e. The van der Waals surface area contributed by atoms with Gasteiger partial charge in [-0.15, -0.1) is 0 Å². The Balaban J connectivity index is 2.64. The van der Waals surface area contributed by atoms with Crippen LogP contribution in [0.3, 0.4) is 0 Å². The maximum absolute atomic E-state index is 4.17. The second-order valence-electron chi connectivity index (χ2n) is 3.63. The number of hydrogen-bond donors (Lipinski definition) is 0. The minimum absolute atomic E-state index is 0.0823. The van der Waals surface area contributed by atoms with E-state index in [1.54, 1.807) is 0 Å². The molecule has 0 unspecified atom stereocenters. The van der Waals surface area contributed by atoms with Crippen LogP contribution in [0, 0.1) is 17.3 Å². The lowest BCUT2D eigenvalue weighted by Gasteiger charge is -2.06. The molecule has 1 aliphatic rings. The first-order valence-corrected chi connectivity index (χ1v) is 3.82. The summed E-state index contributed by atoms with van der Waals surface area (Å²) in [6.07, 6.45) is 3.99. The van der Waals surface area contributed by atoms with E-state index in [0.717, 1.165) is 12.3 Å². The zero-order chi connectivity index (χ0) is 8.32. The third-order valence-corrected chi connectivity index (χ3v) is 1.21. The average molecular weight is 147 g/mol. The van der Waals surface area contributed by atoms with E-state index in [1.807, 2.05) is 12.2 Å². The van der Waals surface area contributed by atoms with Crippen molar-refractivity contribution in [3.63, 3.8) is 0 Å². The van der Waals surface area contributed by atoms with Crippen LogP contribution in [-0.2, 0) is 0 Å². The Morgan fingerprint density at radius 1 is 1.45 bits per heavy atom. The molecule has 1 heteroatoms. The van der Waals surface area contributed by atoms with Crippen LogP contribution in [0.5, 0.6) is 0 Å². The van der Waals surface area contributed by atoms with Gasteiger partial charge >= 0.3 is 0 Å². The SMILES string of the molecule is CC(C)(C)C#CC1=NCC=C1. The second kappa shape index (κ2) is 2.92. The van der Waals surface area contributed by atoms with Gasteiger partial charge in [-0.05, 0) is 32.8 Å². The Kier molecular flexibility index (Phi) is 2.14. The van der Waals surface area contributed by atoms with E-state index >= 15 is 0 Å². The topological polar surface area (TPSA) is 12.4 Å². The first kappa shape index (κ1) is 8.07. The quantitative estimate of drug-likeness (QED) is 0.465. The molecule has 0 fully saturated rings. The third kappa shape index (κ3) is 3.04. The fraction of sp³-hybridized carbons (Fsp3) is 0.500. The first-order chi connectivity index (χ1) is 5.08.